The number of ether oxygens (including phenoxy) is 1. The number of hydrogen-bond acceptors (Lipinski definition) is 5. The van der Waals surface area contributed by atoms with Gasteiger partial charge in [-0.05, 0) is 31.0 Å². The smallest absolute Gasteiger partial charge is 0.387 e. The maximum absolute atomic E-state index is 12.4. The minimum absolute atomic E-state index is 0.00415. The van der Waals surface area contributed by atoms with E-state index >= 15 is 0 Å². The summed E-state index contributed by atoms with van der Waals surface area (Å²) in [6.07, 6.45) is 0.814. The molecule has 1 saturated heterocycles. The van der Waals surface area contributed by atoms with Crippen molar-refractivity contribution in [2.24, 2.45) is 0 Å². The lowest BCUT2D eigenvalue weighted by atomic mass is 10.1. The van der Waals surface area contributed by atoms with Gasteiger partial charge in [-0.1, -0.05) is 17.3 Å². The highest BCUT2D eigenvalue weighted by Crippen LogP contribution is 2.16. The van der Waals surface area contributed by atoms with E-state index in [4.69, 9.17) is 4.52 Å². The highest BCUT2D eigenvalue weighted by molar-refractivity contribution is 5.91. The van der Waals surface area contributed by atoms with Crippen LogP contribution in [0.4, 0.5) is 8.78 Å². The third-order valence-corrected chi connectivity index (χ3v) is 4.53. The standard InChI is InChI=1S/C19H21F2N3O4/c1-13-12-16(28-22-13)18(26)24-10-8-23(9-11-24)17(25)7-4-14-2-5-15(6-3-14)27-19(20)21/h2-3,5-6,12,19H,4,7-11H2,1H3. The molecular formula is C19H21F2N3O4. The van der Waals surface area contributed by atoms with Crippen LogP contribution >= 0.6 is 0 Å². The summed E-state index contributed by atoms with van der Waals surface area (Å²) in [5.41, 5.74) is 1.51. The Balaban J connectivity index is 1.44. The van der Waals surface area contributed by atoms with Gasteiger partial charge in [0.15, 0.2) is 0 Å². The molecule has 0 unspecified atom stereocenters. The molecule has 7 nitrogen and oxygen atoms in total. The van der Waals surface area contributed by atoms with E-state index < -0.39 is 6.61 Å². The number of hydrogen-bond donors (Lipinski definition) is 0. The van der Waals surface area contributed by atoms with E-state index in [9.17, 15) is 18.4 Å². The highest BCUT2D eigenvalue weighted by atomic mass is 19.3. The van der Waals surface area contributed by atoms with Crippen molar-refractivity contribution in [2.45, 2.75) is 26.4 Å². The average Bonchev–Trinajstić information content (AvgIpc) is 3.12. The molecule has 0 N–H and O–H groups in total. The van der Waals surface area contributed by atoms with E-state index in [0.29, 0.717) is 44.7 Å². The van der Waals surface area contributed by atoms with Gasteiger partial charge in [0.25, 0.3) is 5.91 Å². The minimum atomic E-state index is -2.86. The van der Waals surface area contributed by atoms with Gasteiger partial charge in [-0.3, -0.25) is 9.59 Å². The lowest BCUT2D eigenvalue weighted by Crippen LogP contribution is -2.50. The molecule has 2 heterocycles. The van der Waals surface area contributed by atoms with Crippen molar-refractivity contribution >= 4 is 11.8 Å². The van der Waals surface area contributed by atoms with Gasteiger partial charge < -0.3 is 19.1 Å². The molecule has 2 aromatic rings. The van der Waals surface area contributed by atoms with Crippen LogP contribution < -0.4 is 4.74 Å². The molecule has 0 saturated carbocycles. The van der Waals surface area contributed by atoms with Crippen LogP contribution in [0.15, 0.2) is 34.9 Å². The Bertz CT molecular complexity index is 815. The summed E-state index contributed by atoms with van der Waals surface area (Å²) in [6, 6.07) is 7.85. The first-order valence-electron chi connectivity index (χ1n) is 8.96. The Morgan fingerprint density at radius 3 is 2.36 bits per heavy atom. The Morgan fingerprint density at radius 2 is 1.79 bits per heavy atom. The first-order valence-corrected chi connectivity index (χ1v) is 8.96. The number of rotatable bonds is 6. The summed E-state index contributed by atoms with van der Waals surface area (Å²) in [5, 5.41) is 3.72. The fraction of sp³-hybridized carbons (Fsp3) is 0.421. The number of nitrogens with zero attached hydrogens (tertiary/aromatic N) is 3. The van der Waals surface area contributed by atoms with E-state index in [-0.39, 0.29) is 23.3 Å². The number of halogens is 2. The molecular weight excluding hydrogens is 372 g/mol. The van der Waals surface area contributed by atoms with Gasteiger partial charge in [0, 0.05) is 38.7 Å². The number of benzene rings is 1. The van der Waals surface area contributed by atoms with Gasteiger partial charge in [0.05, 0.1) is 5.69 Å². The van der Waals surface area contributed by atoms with Crippen molar-refractivity contribution < 1.29 is 27.6 Å². The number of amides is 2. The minimum Gasteiger partial charge on any atom is -0.435 e. The number of carbonyl (C=O) groups is 2. The first kappa shape index (κ1) is 19.8. The van der Waals surface area contributed by atoms with Gasteiger partial charge in [0.1, 0.15) is 5.75 Å². The summed E-state index contributed by atoms with van der Waals surface area (Å²) in [5.74, 6) is 0.0682. The van der Waals surface area contributed by atoms with Crippen molar-refractivity contribution in [3.05, 3.63) is 47.3 Å². The van der Waals surface area contributed by atoms with Gasteiger partial charge in [-0.25, -0.2) is 0 Å². The van der Waals surface area contributed by atoms with Crippen molar-refractivity contribution in [2.75, 3.05) is 26.2 Å². The van der Waals surface area contributed by atoms with Gasteiger partial charge in [-0.2, -0.15) is 8.78 Å². The fourth-order valence-corrected chi connectivity index (χ4v) is 3.03. The molecule has 28 heavy (non-hydrogen) atoms. The van der Waals surface area contributed by atoms with Crippen molar-refractivity contribution in [3.8, 4) is 5.75 Å². The summed E-state index contributed by atoms with van der Waals surface area (Å²) >= 11 is 0. The second-order valence-corrected chi connectivity index (χ2v) is 6.53. The van der Waals surface area contributed by atoms with Crippen LogP contribution in [0.3, 0.4) is 0 Å². The maximum Gasteiger partial charge on any atom is 0.387 e. The molecule has 0 atom stereocenters. The number of aromatic nitrogens is 1. The molecule has 2 amide bonds. The van der Waals surface area contributed by atoms with Crippen molar-refractivity contribution in [3.63, 3.8) is 0 Å². The summed E-state index contributed by atoms with van der Waals surface area (Å²) < 4.78 is 33.6. The highest BCUT2D eigenvalue weighted by Gasteiger charge is 2.26. The normalized spacial score (nSPS) is 14.4. The van der Waals surface area contributed by atoms with Crippen LogP contribution in [0.1, 0.15) is 28.2 Å². The number of aryl methyl sites for hydroxylation is 2. The second-order valence-electron chi connectivity index (χ2n) is 6.53. The molecule has 0 aliphatic carbocycles. The first-order chi connectivity index (χ1) is 13.4. The van der Waals surface area contributed by atoms with Gasteiger partial charge in [-0.15, -0.1) is 0 Å². The molecule has 0 radical (unpaired) electrons. The van der Waals surface area contributed by atoms with Gasteiger partial charge in [0.2, 0.25) is 11.7 Å². The third-order valence-electron chi connectivity index (χ3n) is 4.53. The maximum atomic E-state index is 12.4. The van der Waals surface area contributed by atoms with E-state index in [1.165, 1.54) is 12.1 Å². The molecule has 1 aromatic heterocycles. The van der Waals surface area contributed by atoms with E-state index in [1.54, 1.807) is 34.9 Å². The molecule has 1 fully saturated rings. The predicted molar refractivity (Wildman–Crippen MR) is 95.1 cm³/mol. The second kappa shape index (κ2) is 8.81. The van der Waals surface area contributed by atoms with Crippen molar-refractivity contribution in [1.82, 2.24) is 15.0 Å². The zero-order valence-electron chi connectivity index (χ0n) is 15.4. The monoisotopic (exact) mass is 393 g/mol. The molecule has 150 valence electrons. The zero-order valence-corrected chi connectivity index (χ0v) is 15.4. The van der Waals surface area contributed by atoms with Crippen molar-refractivity contribution in [1.29, 1.82) is 0 Å². The molecule has 9 heteroatoms. The fourth-order valence-electron chi connectivity index (χ4n) is 3.03. The summed E-state index contributed by atoms with van der Waals surface area (Å²) in [7, 11) is 0. The average molecular weight is 393 g/mol. The SMILES string of the molecule is Cc1cc(C(=O)N2CCN(C(=O)CCc3ccc(OC(F)F)cc3)CC2)on1. The van der Waals surface area contributed by atoms with Crippen LogP contribution in [-0.2, 0) is 11.2 Å². The molecule has 1 aliphatic rings. The van der Waals surface area contributed by atoms with E-state index in [1.807, 2.05) is 0 Å². The zero-order chi connectivity index (χ0) is 20.1. The number of carbonyl (C=O) groups excluding carboxylic acids is 2. The number of piperazine rings is 1. The Morgan fingerprint density at radius 1 is 1.14 bits per heavy atom. The molecule has 0 bridgehead atoms. The quantitative estimate of drug-likeness (QED) is 0.754. The number of alkyl halides is 2. The van der Waals surface area contributed by atoms with Crippen LogP contribution in [0.25, 0.3) is 0 Å². The summed E-state index contributed by atoms with van der Waals surface area (Å²) in [4.78, 5) is 28.1. The molecule has 0 spiro atoms. The van der Waals surface area contributed by atoms with Crippen LogP contribution in [0.2, 0.25) is 0 Å². The Hall–Kier alpha value is -2.97. The Kier molecular flexibility index (Phi) is 6.23. The summed E-state index contributed by atoms with van der Waals surface area (Å²) in [6.45, 7) is 0.674. The third kappa shape index (κ3) is 5.05. The lowest BCUT2D eigenvalue weighted by molar-refractivity contribution is -0.132. The van der Waals surface area contributed by atoms with Gasteiger partial charge >= 0.3 is 6.61 Å². The lowest BCUT2D eigenvalue weighted by Gasteiger charge is -2.34. The van der Waals surface area contributed by atoms with Crippen LogP contribution in [0, 0.1) is 6.92 Å². The van der Waals surface area contributed by atoms with E-state index in [2.05, 4.69) is 9.89 Å². The topological polar surface area (TPSA) is 75.9 Å². The Labute approximate surface area is 160 Å². The predicted octanol–water partition coefficient (Wildman–Crippen LogP) is 2.50. The molecule has 1 aliphatic heterocycles. The van der Waals surface area contributed by atoms with Crippen LogP contribution in [-0.4, -0.2) is 59.6 Å². The molecule has 3 rings (SSSR count). The largest absolute Gasteiger partial charge is 0.435 e. The molecule has 1 aromatic carbocycles. The van der Waals surface area contributed by atoms with E-state index in [0.717, 1.165) is 5.56 Å². The van der Waals surface area contributed by atoms with Crippen LogP contribution in [0.5, 0.6) is 5.75 Å².